The van der Waals surface area contributed by atoms with E-state index >= 15 is 0 Å². The highest BCUT2D eigenvalue weighted by Crippen LogP contribution is 2.14. The van der Waals surface area contributed by atoms with E-state index in [9.17, 15) is 13.6 Å². The van der Waals surface area contributed by atoms with E-state index in [4.69, 9.17) is 4.74 Å². The molecular formula is C12H15F2NO3. The number of hydrogen-bond acceptors (Lipinski definition) is 4. The van der Waals surface area contributed by atoms with Gasteiger partial charge in [0.1, 0.15) is 18.2 Å². The van der Waals surface area contributed by atoms with Crippen molar-refractivity contribution in [1.82, 2.24) is 0 Å². The number of benzene rings is 1. The highest BCUT2D eigenvalue weighted by atomic mass is 19.1. The number of carbonyl (C=O) groups excluding carboxylic acids is 1. The van der Waals surface area contributed by atoms with Crippen molar-refractivity contribution in [1.29, 1.82) is 0 Å². The number of hydrogen-bond donors (Lipinski definition) is 1. The summed E-state index contributed by atoms with van der Waals surface area (Å²) in [6, 6.07) is 3.25. The number of esters is 1. The fraction of sp³-hybridized carbons (Fsp3) is 0.417. The van der Waals surface area contributed by atoms with Crippen LogP contribution in [-0.4, -0.2) is 32.3 Å². The zero-order valence-electron chi connectivity index (χ0n) is 10.0. The zero-order chi connectivity index (χ0) is 13.4. The van der Waals surface area contributed by atoms with Crippen molar-refractivity contribution in [2.75, 3.05) is 31.7 Å². The molecule has 0 amide bonds. The van der Waals surface area contributed by atoms with Crippen LogP contribution in [0.5, 0.6) is 0 Å². The lowest BCUT2D eigenvalue weighted by atomic mass is 10.3. The van der Waals surface area contributed by atoms with E-state index in [1.54, 1.807) is 6.92 Å². The summed E-state index contributed by atoms with van der Waals surface area (Å²) in [5.74, 6) is -1.73. The molecule has 0 atom stereocenters. The van der Waals surface area contributed by atoms with Gasteiger partial charge in [0.25, 0.3) is 0 Å². The second kappa shape index (κ2) is 7.60. The van der Waals surface area contributed by atoms with E-state index < -0.39 is 17.6 Å². The van der Waals surface area contributed by atoms with Crippen molar-refractivity contribution >= 4 is 11.7 Å². The summed E-state index contributed by atoms with van der Waals surface area (Å²) in [4.78, 5) is 10.9. The van der Waals surface area contributed by atoms with Gasteiger partial charge in [0, 0.05) is 12.6 Å². The molecule has 0 spiro atoms. The van der Waals surface area contributed by atoms with Crippen LogP contribution in [0.3, 0.4) is 0 Å². The Kier molecular flexibility index (Phi) is 6.07. The smallest absolute Gasteiger partial charge is 0.332 e. The van der Waals surface area contributed by atoms with Crippen molar-refractivity contribution in [2.45, 2.75) is 6.92 Å². The molecule has 0 heterocycles. The Morgan fingerprint density at radius 2 is 2.17 bits per heavy atom. The van der Waals surface area contributed by atoms with E-state index in [1.165, 1.54) is 6.07 Å². The molecule has 0 unspecified atom stereocenters. The second-order valence-corrected chi connectivity index (χ2v) is 3.41. The van der Waals surface area contributed by atoms with Crippen molar-refractivity contribution in [3.05, 3.63) is 29.8 Å². The summed E-state index contributed by atoms with van der Waals surface area (Å²) in [5.41, 5.74) is 0.191. The van der Waals surface area contributed by atoms with Crippen LogP contribution in [-0.2, 0) is 14.3 Å². The van der Waals surface area contributed by atoms with Crippen LogP contribution in [0.1, 0.15) is 6.92 Å². The average Bonchev–Trinajstić information content (AvgIpc) is 2.31. The topological polar surface area (TPSA) is 47.6 Å². The molecule has 0 saturated carbocycles. The van der Waals surface area contributed by atoms with Gasteiger partial charge >= 0.3 is 5.97 Å². The normalized spacial score (nSPS) is 10.2. The van der Waals surface area contributed by atoms with Gasteiger partial charge in [0.2, 0.25) is 0 Å². The second-order valence-electron chi connectivity index (χ2n) is 3.41. The Hall–Kier alpha value is -1.69. The molecule has 0 aromatic heterocycles. The summed E-state index contributed by atoms with van der Waals surface area (Å²) >= 11 is 0. The maximum absolute atomic E-state index is 13.2. The SMILES string of the molecule is CCOC(=O)COCCNc1ccc(F)cc1F. The van der Waals surface area contributed by atoms with Crippen LogP contribution >= 0.6 is 0 Å². The number of anilines is 1. The lowest BCUT2D eigenvalue weighted by molar-refractivity contribution is -0.148. The molecule has 0 fully saturated rings. The molecule has 0 saturated heterocycles. The molecule has 1 N–H and O–H groups in total. The first-order valence-electron chi connectivity index (χ1n) is 5.55. The van der Waals surface area contributed by atoms with Crippen molar-refractivity contribution in [2.24, 2.45) is 0 Å². The van der Waals surface area contributed by atoms with Crippen molar-refractivity contribution in [3.8, 4) is 0 Å². The zero-order valence-corrected chi connectivity index (χ0v) is 10.0. The van der Waals surface area contributed by atoms with E-state index in [-0.39, 0.29) is 18.9 Å². The minimum Gasteiger partial charge on any atom is -0.464 e. The fourth-order valence-corrected chi connectivity index (χ4v) is 1.25. The first-order valence-corrected chi connectivity index (χ1v) is 5.55. The van der Waals surface area contributed by atoms with Gasteiger partial charge < -0.3 is 14.8 Å². The minimum atomic E-state index is -0.666. The third-order valence-electron chi connectivity index (χ3n) is 2.02. The molecule has 4 nitrogen and oxygen atoms in total. The van der Waals surface area contributed by atoms with Crippen LogP contribution in [0, 0.1) is 11.6 Å². The average molecular weight is 259 g/mol. The summed E-state index contributed by atoms with van der Waals surface area (Å²) in [5, 5.41) is 2.73. The highest BCUT2D eigenvalue weighted by molar-refractivity contribution is 5.70. The molecule has 1 aromatic carbocycles. The highest BCUT2D eigenvalue weighted by Gasteiger charge is 2.03. The number of rotatable bonds is 7. The predicted octanol–water partition coefficient (Wildman–Crippen LogP) is 1.96. The van der Waals surface area contributed by atoms with Gasteiger partial charge in [0.05, 0.1) is 18.9 Å². The minimum absolute atomic E-state index is 0.137. The van der Waals surface area contributed by atoms with E-state index in [1.807, 2.05) is 0 Å². The van der Waals surface area contributed by atoms with Crippen LogP contribution in [0.15, 0.2) is 18.2 Å². The Balaban J connectivity index is 2.20. The Labute approximate surface area is 104 Å². The summed E-state index contributed by atoms with van der Waals surface area (Å²) in [7, 11) is 0. The first-order chi connectivity index (χ1) is 8.63. The first kappa shape index (κ1) is 14.4. The van der Waals surface area contributed by atoms with E-state index in [0.29, 0.717) is 13.2 Å². The molecular weight excluding hydrogens is 244 g/mol. The monoisotopic (exact) mass is 259 g/mol. The molecule has 1 aromatic rings. The van der Waals surface area contributed by atoms with Gasteiger partial charge in [-0.15, -0.1) is 0 Å². The van der Waals surface area contributed by atoms with E-state index in [0.717, 1.165) is 12.1 Å². The molecule has 0 bridgehead atoms. The van der Waals surface area contributed by atoms with Crippen molar-refractivity contribution < 1.29 is 23.0 Å². The lowest BCUT2D eigenvalue weighted by Crippen LogP contribution is -2.17. The molecule has 0 aliphatic rings. The maximum atomic E-state index is 13.2. The van der Waals surface area contributed by atoms with Crippen LogP contribution in [0.2, 0.25) is 0 Å². The van der Waals surface area contributed by atoms with Gasteiger partial charge in [-0.05, 0) is 19.1 Å². The lowest BCUT2D eigenvalue weighted by Gasteiger charge is -2.08. The maximum Gasteiger partial charge on any atom is 0.332 e. The van der Waals surface area contributed by atoms with Crippen LogP contribution in [0.25, 0.3) is 0 Å². The molecule has 0 aliphatic heterocycles. The molecule has 6 heteroatoms. The van der Waals surface area contributed by atoms with Crippen LogP contribution in [0.4, 0.5) is 14.5 Å². The van der Waals surface area contributed by atoms with Gasteiger partial charge in [-0.2, -0.15) is 0 Å². The van der Waals surface area contributed by atoms with Crippen LogP contribution < -0.4 is 5.32 Å². The predicted molar refractivity (Wildman–Crippen MR) is 62.3 cm³/mol. The van der Waals surface area contributed by atoms with Gasteiger partial charge in [0.15, 0.2) is 0 Å². The Morgan fingerprint density at radius 1 is 1.39 bits per heavy atom. The molecule has 0 aliphatic carbocycles. The molecule has 0 radical (unpaired) electrons. The molecule has 100 valence electrons. The third kappa shape index (κ3) is 5.09. The van der Waals surface area contributed by atoms with E-state index in [2.05, 4.69) is 10.1 Å². The Bertz CT molecular complexity index is 399. The molecule has 18 heavy (non-hydrogen) atoms. The standard InChI is InChI=1S/C12H15F2NO3/c1-2-18-12(16)8-17-6-5-15-11-4-3-9(13)7-10(11)14/h3-4,7,15H,2,5-6,8H2,1H3. The quantitative estimate of drug-likeness (QED) is 0.600. The summed E-state index contributed by atoms with van der Waals surface area (Å²) < 4.78 is 35.4. The number of ether oxygens (including phenoxy) is 2. The third-order valence-corrected chi connectivity index (χ3v) is 2.02. The van der Waals surface area contributed by atoms with Crippen molar-refractivity contribution in [3.63, 3.8) is 0 Å². The fourth-order valence-electron chi connectivity index (χ4n) is 1.25. The number of halogens is 2. The Morgan fingerprint density at radius 3 is 2.83 bits per heavy atom. The summed E-state index contributed by atoms with van der Waals surface area (Å²) in [6.07, 6.45) is 0. The number of carbonyl (C=O) groups is 1. The van der Waals surface area contributed by atoms with Gasteiger partial charge in [-0.1, -0.05) is 0 Å². The molecule has 1 rings (SSSR count). The largest absolute Gasteiger partial charge is 0.464 e. The number of nitrogens with one attached hydrogen (secondary N) is 1. The summed E-state index contributed by atoms with van der Waals surface area (Å²) in [6.45, 7) is 2.40. The van der Waals surface area contributed by atoms with Gasteiger partial charge in [-0.3, -0.25) is 0 Å². The van der Waals surface area contributed by atoms with Gasteiger partial charge in [-0.25, -0.2) is 13.6 Å².